The molecule has 0 spiro atoms. The molecule has 5 heteroatoms. The summed E-state index contributed by atoms with van der Waals surface area (Å²) in [6, 6.07) is 0. The Labute approximate surface area is 115 Å². The van der Waals surface area contributed by atoms with Crippen LogP contribution in [0.5, 0.6) is 0 Å². The third-order valence-electron chi connectivity index (χ3n) is 4.13. The molecule has 1 aliphatic carbocycles. The fourth-order valence-corrected chi connectivity index (χ4v) is 2.77. The first-order valence-corrected chi connectivity index (χ1v) is 6.99. The summed E-state index contributed by atoms with van der Waals surface area (Å²) in [7, 11) is 5.69. The number of likely N-dealkylation sites (N-methyl/N-ethyl adjacent to an activating group) is 2. The summed E-state index contributed by atoms with van der Waals surface area (Å²) in [6.07, 6.45) is 2.32. The van der Waals surface area contributed by atoms with E-state index in [0.717, 1.165) is 19.4 Å². The van der Waals surface area contributed by atoms with Gasteiger partial charge in [0.25, 0.3) is 0 Å². The van der Waals surface area contributed by atoms with Crippen LogP contribution in [0.4, 0.5) is 0 Å². The molecule has 0 aromatic rings. The molecule has 0 radical (unpaired) electrons. The molecule has 0 aliphatic heterocycles. The third kappa shape index (κ3) is 4.20. The van der Waals surface area contributed by atoms with Crippen LogP contribution in [-0.2, 0) is 9.59 Å². The molecule has 0 saturated heterocycles. The summed E-state index contributed by atoms with van der Waals surface area (Å²) >= 11 is 0. The van der Waals surface area contributed by atoms with Crippen molar-refractivity contribution < 1.29 is 14.7 Å². The second kappa shape index (κ2) is 6.89. The number of hydrogen-bond acceptors (Lipinski definition) is 3. The van der Waals surface area contributed by atoms with Gasteiger partial charge in [0.05, 0.1) is 11.8 Å². The Hall–Kier alpha value is -1.10. The van der Waals surface area contributed by atoms with Crippen LogP contribution in [0.25, 0.3) is 0 Å². The Morgan fingerprint density at radius 3 is 2.16 bits per heavy atom. The van der Waals surface area contributed by atoms with Crippen molar-refractivity contribution in [2.45, 2.75) is 26.2 Å². The zero-order valence-corrected chi connectivity index (χ0v) is 12.4. The summed E-state index contributed by atoms with van der Waals surface area (Å²) in [5, 5.41) is 9.27. The van der Waals surface area contributed by atoms with Crippen molar-refractivity contribution >= 4 is 11.9 Å². The number of rotatable bonds is 6. The Balaban J connectivity index is 2.65. The normalized spacial score (nSPS) is 26.7. The van der Waals surface area contributed by atoms with Crippen molar-refractivity contribution in [3.63, 3.8) is 0 Å². The SMILES string of the molecule is CCC1C[C@H](C(=O)N(C)CCN(C)C)[C@H](C(=O)O)C1. The van der Waals surface area contributed by atoms with Gasteiger partial charge in [-0.15, -0.1) is 0 Å². The van der Waals surface area contributed by atoms with Gasteiger partial charge in [0.2, 0.25) is 5.91 Å². The number of amides is 1. The van der Waals surface area contributed by atoms with Crippen LogP contribution in [-0.4, -0.2) is 61.0 Å². The van der Waals surface area contributed by atoms with E-state index < -0.39 is 11.9 Å². The number of aliphatic carboxylic acids is 1. The van der Waals surface area contributed by atoms with Crippen LogP contribution in [0, 0.1) is 17.8 Å². The maximum atomic E-state index is 12.4. The first-order valence-electron chi connectivity index (χ1n) is 6.99. The van der Waals surface area contributed by atoms with Gasteiger partial charge >= 0.3 is 5.97 Å². The predicted octanol–water partition coefficient (Wildman–Crippen LogP) is 1.14. The van der Waals surface area contributed by atoms with E-state index in [2.05, 4.69) is 6.92 Å². The smallest absolute Gasteiger partial charge is 0.307 e. The number of hydrogen-bond donors (Lipinski definition) is 1. The first kappa shape index (κ1) is 16.0. The van der Waals surface area contributed by atoms with Gasteiger partial charge in [0.15, 0.2) is 0 Å². The van der Waals surface area contributed by atoms with E-state index in [-0.39, 0.29) is 11.8 Å². The molecule has 1 unspecified atom stereocenters. The topological polar surface area (TPSA) is 60.9 Å². The lowest BCUT2D eigenvalue weighted by atomic mass is 9.95. The van der Waals surface area contributed by atoms with Gasteiger partial charge in [-0.2, -0.15) is 0 Å². The number of carbonyl (C=O) groups is 2. The van der Waals surface area contributed by atoms with Gasteiger partial charge < -0.3 is 14.9 Å². The second-order valence-electron chi connectivity index (χ2n) is 5.86. The van der Waals surface area contributed by atoms with E-state index >= 15 is 0 Å². The number of carboxylic acids is 1. The van der Waals surface area contributed by atoms with Crippen molar-refractivity contribution in [1.29, 1.82) is 0 Å². The van der Waals surface area contributed by atoms with Crippen molar-refractivity contribution in [2.24, 2.45) is 17.8 Å². The molecular weight excluding hydrogens is 244 g/mol. The van der Waals surface area contributed by atoms with E-state index in [1.165, 1.54) is 0 Å². The molecule has 1 rings (SSSR count). The van der Waals surface area contributed by atoms with E-state index in [4.69, 9.17) is 0 Å². The lowest BCUT2D eigenvalue weighted by Gasteiger charge is -2.24. The Morgan fingerprint density at radius 2 is 1.68 bits per heavy atom. The van der Waals surface area contributed by atoms with Crippen molar-refractivity contribution in [2.75, 3.05) is 34.2 Å². The van der Waals surface area contributed by atoms with Gasteiger partial charge in [-0.1, -0.05) is 13.3 Å². The fourth-order valence-electron chi connectivity index (χ4n) is 2.77. The van der Waals surface area contributed by atoms with Crippen LogP contribution in [0.3, 0.4) is 0 Å². The molecule has 1 fully saturated rings. The number of carboxylic acid groups (broad SMARTS) is 1. The van der Waals surface area contributed by atoms with Crippen LogP contribution >= 0.6 is 0 Å². The van der Waals surface area contributed by atoms with E-state index in [9.17, 15) is 14.7 Å². The number of nitrogens with zero attached hydrogens (tertiary/aromatic N) is 2. The van der Waals surface area contributed by atoms with Gasteiger partial charge in [-0.25, -0.2) is 0 Å². The summed E-state index contributed by atoms with van der Waals surface area (Å²) < 4.78 is 0. The first-order chi connectivity index (χ1) is 8.86. The van der Waals surface area contributed by atoms with Crippen molar-refractivity contribution in [3.8, 4) is 0 Å². The van der Waals surface area contributed by atoms with Gasteiger partial charge in [0.1, 0.15) is 0 Å². The highest BCUT2D eigenvalue weighted by Gasteiger charge is 2.42. The molecule has 0 aromatic heterocycles. The predicted molar refractivity (Wildman–Crippen MR) is 73.8 cm³/mol. The highest BCUT2D eigenvalue weighted by molar-refractivity contribution is 5.85. The molecule has 1 saturated carbocycles. The largest absolute Gasteiger partial charge is 0.481 e. The highest BCUT2D eigenvalue weighted by atomic mass is 16.4. The molecule has 0 bridgehead atoms. The maximum absolute atomic E-state index is 12.4. The molecule has 0 heterocycles. The maximum Gasteiger partial charge on any atom is 0.307 e. The molecule has 1 N–H and O–H groups in total. The molecule has 5 nitrogen and oxygen atoms in total. The minimum atomic E-state index is -0.824. The van der Waals surface area contributed by atoms with E-state index in [0.29, 0.717) is 18.9 Å². The van der Waals surface area contributed by atoms with Crippen LogP contribution in [0.1, 0.15) is 26.2 Å². The minimum absolute atomic E-state index is 0.00907. The zero-order chi connectivity index (χ0) is 14.6. The second-order valence-corrected chi connectivity index (χ2v) is 5.86. The average Bonchev–Trinajstić information content (AvgIpc) is 2.79. The summed E-state index contributed by atoms with van der Waals surface area (Å²) in [5.41, 5.74) is 0. The van der Waals surface area contributed by atoms with Crippen molar-refractivity contribution in [1.82, 2.24) is 9.80 Å². The van der Waals surface area contributed by atoms with E-state index in [1.54, 1.807) is 11.9 Å². The number of carbonyl (C=O) groups excluding carboxylic acids is 1. The lowest BCUT2D eigenvalue weighted by molar-refractivity contribution is -0.148. The van der Waals surface area contributed by atoms with Crippen LogP contribution in [0.15, 0.2) is 0 Å². The third-order valence-corrected chi connectivity index (χ3v) is 4.13. The molecule has 110 valence electrons. The Bertz CT molecular complexity index is 331. The molecule has 0 aromatic carbocycles. The van der Waals surface area contributed by atoms with Gasteiger partial charge in [-0.05, 0) is 32.9 Å². The van der Waals surface area contributed by atoms with Gasteiger partial charge in [-0.3, -0.25) is 9.59 Å². The summed E-state index contributed by atoms with van der Waals surface area (Å²) in [5.74, 6) is -1.30. The lowest BCUT2D eigenvalue weighted by Crippen LogP contribution is -2.39. The van der Waals surface area contributed by atoms with E-state index in [1.807, 2.05) is 19.0 Å². The quantitative estimate of drug-likeness (QED) is 0.786. The summed E-state index contributed by atoms with van der Waals surface area (Å²) in [4.78, 5) is 27.4. The minimum Gasteiger partial charge on any atom is -0.481 e. The van der Waals surface area contributed by atoms with Crippen LogP contribution in [0.2, 0.25) is 0 Å². The van der Waals surface area contributed by atoms with Gasteiger partial charge in [0, 0.05) is 20.1 Å². The Morgan fingerprint density at radius 1 is 1.11 bits per heavy atom. The standard InChI is InChI=1S/C14H26N2O3/c1-5-10-8-11(12(9-10)14(18)19)13(17)16(4)7-6-15(2)3/h10-12H,5-9H2,1-4H3,(H,18,19)/t10?,11-,12+/m0/s1. The monoisotopic (exact) mass is 270 g/mol. The molecular formula is C14H26N2O3. The molecule has 1 aliphatic rings. The Kier molecular flexibility index (Phi) is 5.79. The molecule has 1 amide bonds. The molecule has 19 heavy (non-hydrogen) atoms. The van der Waals surface area contributed by atoms with Crippen molar-refractivity contribution in [3.05, 3.63) is 0 Å². The van der Waals surface area contributed by atoms with Crippen LogP contribution < -0.4 is 0 Å². The average molecular weight is 270 g/mol. The highest BCUT2D eigenvalue weighted by Crippen LogP contribution is 2.39. The molecule has 3 atom stereocenters. The zero-order valence-electron chi connectivity index (χ0n) is 12.4. The fraction of sp³-hybridized carbons (Fsp3) is 0.857. The summed E-state index contributed by atoms with van der Waals surface area (Å²) in [6.45, 7) is 3.50.